The Morgan fingerprint density at radius 3 is 2.68 bits per heavy atom. The van der Waals surface area contributed by atoms with Crippen LogP contribution in [-0.4, -0.2) is 24.6 Å². The quantitative estimate of drug-likeness (QED) is 0.779. The maximum absolute atomic E-state index is 5.92. The summed E-state index contributed by atoms with van der Waals surface area (Å²) in [6.07, 6.45) is 4.43. The molecular weight excluding hydrogens is 240 g/mol. The maximum atomic E-state index is 5.92. The van der Waals surface area contributed by atoms with Crippen LogP contribution in [0.15, 0.2) is 42.5 Å². The zero-order chi connectivity index (χ0) is 13.3. The fraction of sp³-hybridized carbons (Fsp3) is 0.500. The summed E-state index contributed by atoms with van der Waals surface area (Å²) in [6.45, 7) is 5.24. The van der Waals surface area contributed by atoms with E-state index in [9.17, 15) is 0 Å². The van der Waals surface area contributed by atoms with Crippen molar-refractivity contribution in [1.29, 1.82) is 0 Å². The number of rotatable bonds is 4. The highest BCUT2D eigenvalue weighted by Crippen LogP contribution is 2.37. The molecule has 3 heteroatoms. The third kappa shape index (κ3) is 2.89. The first-order valence-electron chi connectivity index (χ1n) is 6.80. The number of ether oxygens (including phenoxy) is 3. The number of benzene rings is 1. The number of hydrogen-bond donors (Lipinski definition) is 0. The van der Waals surface area contributed by atoms with Crippen molar-refractivity contribution in [1.82, 2.24) is 0 Å². The van der Waals surface area contributed by atoms with Crippen molar-refractivity contribution in [2.75, 3.05) is 6.61 Å². The molecule has 0 spiro atoms. The smallest absolute Gasteiger partial charge is 0.164 e. The van der Waals surface area contributed by atoms with Crippen LogP contribution in [0.2, 0.25) is 0 Å². The third-order valence-corrected chi connectivity index (χ3v) is 3.56. The van der Waals surface area contributed by atoms with E-state index in [4.69, 9.17) is 14.2 Å². The largest absolute Gasteiger partial charge is 0.376 e. The Kier molecular flexibility index (Phi) is 3.44. The van der Waals surface area contributed by atoms with E-state index in [1.165, 1.54) is 5.56 Å². The third-order valence-electron chi connectivity index (χ3n) is 3.56. The lowest BCUT2D eigenvalue weighted by Gasteiger charge is -2.20. The number of hydrogen-bond acceptors (Lipinski definition) is 3. The van der Waals surface area contributed by atoms with Crippen LogP contribution < -0.4 is 0 Å². The molecule has 102 valence electrons. The van der Waals surface area contributed by atoms with Crippen LogP contribution in [0.3, 0.4) is 0 Å². The Morgan fingerprint density at radius 2 is 1.89 bits per heavy atom. The topological polar surface area (TPSA) is 27.7 Å². The first kappa shape index (κ1) is 12.9. The highest BCUT2D eigenvalue weighted by molar-refractivity contribution is 5.14. The molecule has 1 aromatic rings. The van der Waals surface area contributed by atoms with Crippen molar-refractivity contribution in [2.45, 2.75) is 38.4 Å². The molecule has 0 saturated carbocycles. The van der Waals surface area contributed by atoms with E-state index in [-0.39, 0.29) is 18.1 Å². The van der Waals surface area contributed by atoms with Gasteiger partial charge >= 0.3 is 0 Å². The summed E-state index contributed by atoms with van der Waals surface area (Å²) in [6, 6.07) is 10.2. The van der Waals surface area contributed by atoms with Crippen LogP contribution in [0, 0.1) is 5.92 Å². The van der Waals surface area contributed by atoms with Gasteiger partial charge in [0.05, 0.1) is 19.3 Å². The molecule has 1 aromatic carbocycles. The molecule has 0 aromatic heterocycles. The van der Waals surface area contributed by atoms with Crippen LogP contribution in [0.4, 0.5) is 0 Å². The van der Waals surface area contributed by atoms with E-state index in [1.807, 2.05) is 32.0 Å². The molecule has 2 aliphatic rings. The Balaban J connectivity index is 1.50. The zero-order valence-electron chi connectivity index (χ0n) is 11.4. The Hall–Kier alpha value is -1.16. The number of fused-ring (bicyclic) bond motifs is 1. The zero-order valence-corrected chi connectivity index (χ0v) is 11.4. The lowest BCUT2D eigenvalue weighted by Crippen LogP contribution is -2.28. The summed E-state index contributed by atoms with van der Waals surface area (Å²) in [5.41, 5.74) is 1.20. The molecule has 1 heterocycles. The van der Waals surface area contributed by atoms with Gasteiger partial charge in [-0.1, -0.05) is 42.5 Å². The van der Waals surface area contributed by atoms with E-state index < -0.39 is 5.79 Å². The van der Waals surface area contributed by atoms with E-state index in [0.717, 1.165) is 0 Å². The molecule has 1 aliphatic heterocycles. The molecule has 3 atom stereocenters. The predicted molar refractivity (Wildman–Crippen MR) is 72.6 cm³/mol. The van der Waals surface area contributed by atoms with Gasteiger partial charge in [0.2, 0.25) is 0 Å². The highest BCUT2D eigenvalue weighted by atomic mass is 16.8. The lowest BCUT2D eigenvalue weighted by atomic mass is 10.1. The van der Waals surface area contributed by atoms with Gasteiger partial charge in [-0.25, -0.2) is 0 Å². The molecule has 1 saturated heterocycles. The Bertz CT molecular complexity index is 452. The van der Waals surface area contributed by atoms with Crippen LogP contribution in [-0.2, 0) is 20.8 Å². The minimum Gasteiger partial charge on any atom is -0.376 e. The van der Waals surface area contributed by atoms with Gasteiger partial charge in [0.15, 0.2) is 5.79 Å². The fourth-order valence-electron chi connectivity index (χ4n) is 2.70. The Morgan fingerprint density at radius 1 is 1.11 bits per heavy atom. The molecule has 0 unspecified atom stereocenters. The SMILES string of the molecule is CC1(C)O[C@@H]2[C@@H](COCc3ccccc3)C=C[C@@H]2O1. The monoisotopic (exact) mass is 260 g/mol. The van der Waals surface area contributed by atoms with E-state index in [1.54, 1.807) is 0 Å². The fourth-order valence-corrected chi connectivity index (χ4v) is 2.70. The van der Waals surface area contributed by atoms with Gasteiger partial charge in [-0.3, -0.25) is 0 Å². The molecule has 19 heavy (non-hydrogen) atoms. The van der Waals surface area contributed by atoms with Gasteiger partial charge in [0.1, 0.15) is 6.10 Å². The van der Waals surface area contributed by atoms with Gasteiger partial charge in [-0.2, -0.15) is 0 Å². The molecule has 0 amide bonds. The Labute approximate surface area is 114 Å². The molecule has 1 aliphatic carbocycles. The molecule has 3 nitrogen and oxygen atoms in total. The molecule has 3 rings (SSSR count). The first-order chi connectivity index (χ1) is 9.14. The summed E-state index contributed by atoms with van der Waals surface area (Å²) in [5.74, 6) is -0.187. The van der Waals surface area contributed by atoms with Gasteiger partial charge in [0.25, 0.3) is 0 Å². The lowest BCUT2D eigenvalue weighted by molar-refractivity contribution is -0.149. The summed E-state index contributed by atoms with van der Waals surface area (Å²) >= 11 is 0. The van der Waals surface area contributed by atoms with Crippen LogP contribution in [0.25, 0.3) is 0 Å². The van der Waals surface area contributed by atoms with E-state index in [2.05, 4.69) is 24.3 Å². The predicted octanol–water partition coefficient (Wildman–Crippen LogP) is 2.91. The normalized spacial score (nSPS) is 31.6. The van der Waals surface area contributed by atoms with Crippen molar-refractivity contribution in [3.8, 4) is 0 Å². The summed E-state index contributed by atoms with van der Waals surface area (Å²) in [4.78, 5) is 0. The second-order valence-electron chi connectivity index (χ2n) is 5.61. The standard InChI is InChI=1S/C16H20O3/c1-16(2)18-14-9-8-13(15(14)19-16)11-17-10-12-6-4-3-5-7-12/h3-9,13-15H,10-11H2,1-2H3/t13-,14+,15-/m1/s1. The molecule has 0 radical (unpaired) electrons. The minimum absolute atomic E-state index is 0.0836. The van der Waals surface area contributed by atoms with Gasteiger partial charge < -0.3 is 14.2 Å². The highest BCUT2D eigenvalue weighted by Gasteiger charge is 2.46. The molecule has 0 N–H and O–H groups in total. The summed E-state index contributed by atoms with van der Waals surface area (Å²) in [5, 5.41) is 0. The van der Waals surface area contributed by atoms with Crippen LogP contribution in [0.5, 0.6) is 0 Å². The van der Waals surface area contributed by atoms with Crippen LogP contribution >= 0.6 is 0 Å². The average Bonchev–Trinajstić information content (AvgIpc) is 2.87. The first-order valence-corrected chi connectivity index (χ1v) is 6.80. The molecule has 1 fully saturated rings. The van der Waals surface area contributed by atoms with Crippen LogP contribution in [0.1, 0.15) is 19.4 Å². The van der Waals surface area contributed by atoms with Gasteiger partial charge in [-0.15, -0.1) is 0 Å². The maximum Gasteiger partial charge on any atom is 0.164 e. The van der Waals surface area contributed by atoms with E-state index >= 15 is 0 Å². The van der Waals surface area contributed by atoms with Crippen molar-refractivity contribution in [2.24, 2.45) is 5.92 Å². The van der Waals surface area contributed by atoms with Gasteiger partial charge in [0, 0.05) is 5.92 Å². The average molecular weight is 260 g/mol. The van der Waals surface area contributed by atoms with Crippen molar-refractivity contribution in [3.63, 3.8) is 0 Å². The molecular formula is C16H20O3. The summed E-state index contributed by atoms with van der Waals surface area (Å²) in [7, 11) is 0. The van der Waals surface area contributed by atoms with Gasteiger partial charge in [-0.05, 0) is 19.4 Å². The minimum atomic E-state index is -0.474. The van der Waals surface area contributed by atoms with E-state index in [0.29, 0.717) is 13.2 Å². The summed E-state index contributed by atoms with van der Waals surface area (Å²) < 4.78 is 17.5. The second-order valence-corrected chi connectivity index (χ2v) is 5.61. The van der Waals surface area contributed by atoms with Crippen molar-refractivity contribution < 1.29 is 14.2 Å². The van der Waals surface area contributed by atoms with Crippen molar-refractivity contribution >= 4 is 0 Å². The van der Waals surface area contributed by atoms with Crippen molar-refractivity contribution in [3.05, 3.63) is 48.0 Å². The second kappa shape index (κ2) is 5.08. The molecule has 0 bridgehead atoms.